The molecule has 0 unspecified atom stereocenters. The van der Waals surface area contributed by atoms with Crippen LogP contribution in [0.25, 0.3) is 0 Å². The Morgan fingerprint density at radius 3 is 2.64 bits per heavy atom. The lowest BCUT2D eigenvalue weighted by Crippen LogP contribution is -2.02. The monoisotopic (exact) mass is 172 g/mol. The first-order chi connectivity index (χ1) is 5.18. The van der Waals surface area contributed by atoms with Gasteiger partial charge in [0.1, 0.15) is 0 Å². The summed E-state index contributed by atoms with van der Waals surface area (Å²) in [5.41, 5.74) is 0. The number of hydrogen-bond donors (Lipinski definition) is 0. The van der Waals surface area contributed by atoms with Gasteiger partial charge in [0, 0.05) is 18.2 Å². The fourth-order valence-corrected chi connectivity index (χ4v) is 0.583. The Morgan fingerprint density at radius 2 is 2.18 bits per heavy atom. The van der Waals surface area contributed by atoms with Gasteiger partial charge in [0.25, 0.3) is 0 Å². The van der Waals surface area contributed by atoms with Gasteiger partial charge in [-0.15, -0.1) is 11.6 Å². The first-order valence-corrected chi connectivity index (χ1v) is 4.30. The highest BCUT2D eigenvalue weighted by atomic mass is 35.5. The zero-order valence-corrected chi connectivity index (χ0v) is 7.74. The first kappa shape index (κ1) is 10.5. The molecule has 11 heavy (non-hydrogen) atoms. The van der Waals surface area contributed by atoms with Crippen LogP contribution in [0, 0.1) is 17.8 Å². The molecular weight excluding hydrogens is 160 g/mol. The highest BCUT2D eigenvalue weighted by Crippen LogP contribution is 1.93. The molecule has 0 spiro atoms. The molecule has 0 aliphatic rings. The van der Waals surface area contributed by atoms with Crippen molar-refractivity contribution in [2.24, 2.45) is 5.92 Å². The fraction of sp³-hybridized carbons (Fsp3) is 0.667. The molecule has 0 radical (unpaired) electrons. The molecule has 0 aromatic rings. The van der Waals surface area contributed by atoms with Crippen LogP contribution in [0.4, 0.5) is 0 Å². The lowest BCUT2D eigenvalue weighted by Gasteiger charge is -1.91. The van der Waals surface area contributed by atoms with Gasteiger partial charge < -0.3 is 0 Å². The second-order valence-corrected chi connectivity index (χ2v) is 2.99. The summed E-state index contributed by atoms with van der Waals surface area (Å²) in [5.74, 6) is 6.01. The van der Waals surface area contributed by atoms with E-state index in [1.165, 1.54) is 0 Å². The van der Waals surface area contributed by atoms with Crippen molar-refractivity contribution in [1.82, 2.24) is 0 Å². The van der Waals surface area contributed by atoms with Gasteiger partial charge in [-0.25, -0.2) is 0 Å². The molecule has 0 aromatic carbocycles. The average Bonchev–Trinajstić information content (AvgIpc) is 1.97. The van der Waals surface area contributed by atoms with Gasteiger partial charge in [0.15, 0.2) is 0 Å². The molecular formula is C9H13ClO. The molecule has 2 heteroatoms. The van der Waals surface area contributed by atoms with Crippen LogP contribution in [0.1, 0.15) is 26.7 Å². The van der Waals surface area contributed by atoms with E-state index in [4.69, 9.17) is 11.6 Å². The van der Waals surface area contributed by atoms with E-state index >= 15 is 0 Å². The topological polar surface area (TPSA) is 17.1 Å². The van der Waals surface area contributed by atoms with Crippen LogP contribution in [-0.4, -0.2) is 11.7 Å². The second kappa shape index (κ2) is 6.24. The third-order valence-electron chi connectivity index (χ3n) is 1.17. The summed E-state index contributed by atoms with van der Waals surface area (Å²) in [6.45, 7) is 3.69. The molecule has 0 N–H and O–H groups in total. The first-order valence-electron chi connectivity index (χ1n) is 3.77. The largest absolute Gasteiger partial charge is 0.285 e. The third-order valence-corrected chi connectivity index (χ3v) is 1.44. The van der Waals surface area contributed by atoms with Crippen molar-refractivity contribution in [3.63, 3.8) is 0 Å². The minimum absolute atomic E-state index is 0.0135. The van der Waals surface area contributed by atoms with Gasteiger partial charge in [-0.2, -0.15) is 0 Å². The summed E-state index contributed by atoms with van der Waals surface area (Å²) < 4.78 is 0. The zero-order chi connectivity index (χ0) is 8.69. The Morgan fingerprint density at radius 1 is 1.55 bits per heavy atom. The van der Waals surface area contributed by atoms with Crippen LogP contribution in [-0.2, 0) is 4.79 Å². The van der Waals surface area contributed by atoms with Gasteiger partial charge in [0.2, 0.25) is 5.78 Å². The zero-order valence-electron chi connectivity index (χ0n) is 6.98. The van der Waals surface area contributed by atoms with Gasteiger partial charge in [-0.3, -0.25) is 4.79 Å². The number of rotatable bonds is 3. The summed E-state index contributed by atoms with van der Waals surface area (Å²) in [6, 6.07) is 0. The maximum atomic E-state index is 10.9. The van der Waals surface area contributed by atoms with Crippen LogP contribution in [0.2, 0.25) is 0 Å². The number of hydrogen-bond acceptors (Lipinski definition) is 1. The number of carbonyl (C=O) groups excluding carboxylic acids is 1. The number of ketones is 1. The van der Waals surface area contributed by atoms with E-state index in [1.54, 1.807) is 0 Å². The number of halogens is 1. The SMILES string of the molecule is CC(C)C(=O)C#CCCCCl. The highest BCUT2D eigenvalue weighted by Gasteiger charge is 2.00. The Hall–Kier alpha value is -0.480. The molecule has 0 fully saturated rings. The maximum absolute atomic E-state index is 10.9. The lowest BCUT2D eigenvalue weighted by atomic mass is 10.1. The molecule has 0 amide bonds. The molecule has 1 nitrogen and oxygen atoms in total. The molecule has 0 aliphatic heterocycles. The van der Waals surface area contributed by atoms with E-state index in [0.29, 0.717) is 5.88 Å². The van der Waals surface area contributed by atoms with E-state index in [0.717, 1.165) is 12.8 Å². The molecule has 0 bridgehead atoms. The molecule has 0 saturated carbocycles. The number of carbonyl (C=O) groups is 1. The van der Waals surface area contributed by atoms with Crippen LogP contribution >= 0.6 is 11.6 Å². The third kappa shape index (κ3) is 5.94. The molecule has 0 aromatic heterocycles. The van der Waals surface area contributed by atoms with Gasteiger partial charge >= 0.3 is 0 Å². The van der Waals surface area contributed by atoms with E-state index in [2.05, 4.69) is 11.8 Å². The molecule has 0 aliphatic carbocycles. The maximum Gasteiger partial charge on any atom is 0.207 e. The minimum Gasteiger partial charge on any atom is -0.285 e. The normalized spacial score (nSPS) is 9.09. The van der Waals surface area contributed by atoms with Crippen molar-refractivity contribution in [3.05, 3.63) is 0 Å². The van der Waals surface area contributed by atoms with Gasteiger partial charge in [0.05, 0.1) is 0 Å². The Bertz CT molecular complexity index is 174. The summed E-state index contributed by atoms with van der Waals surface area (Å²) in [4.78, 5) is 10.9. The van der Waals surface area contributed by atoms with E-state index in [-0.39, 0.29) is 11.7 Å². The predicted octanol–water partition coefficient (Wildman–Crippen LogP) is 2.23. The number of alkyl halides is 1. The van der Waals surface area contributed by atoms with Gasteiger partial charge in [-0.05, 0) is 12.3 Å². The van der Waals surface area contributed by atoms with E-state index in [1.807, 2.05) is 13.8 Å². The van der Waals surface area contributed by atoms with Crippen LogP contribution < -0.4 is 0 Å². The standard InChI is InChI=1S/C9H13ClO/c1-8(2)9(11)6-4-3-5-7-10/h8H,3,5,7H2,1-2H3. The average molecular weight is 173 g/mol. The van der Waals surface area contributed by atoms with Crippen LogP contribution in [0.3, 0.4) is 0 Å². The summed E-state index contributed by atoms with van der Waals surface area (Å²) in [7, 11) is 0. The minimum atomic E-state index is 0.0135. The van der Waals surface area contributed by atoms with Crippen molar-refractivity contribution in [2.45, 2.75) is 26.7 Å². The second-order valence-electron chi connectivity index (χ2n) is 2.61. The molecule has 0 atom stereocenters. The molecule has 0 heterocycles. The van der Waals surface area contributed by atoms with Crippen molar-refractivity contribution >= 4 is 17.4 Å². The van der Waals surface area contributed by atoms with Crippen molar-refractivity contribution in [2.75, 3.05) is 5.88 Å². The number of Topliss-reactive ketones (excluding diaryl/α,β-unsaturated/α-hetero) is 1. The van der Waals surface area contributed by atoms with Gasteiger partial charge in [-0.1, -0.05) is 19.8 Å². The van der Waals surface area contributed by atoms with Crippen molar-refractivity contribution in [3.8, 4) is 11.8 Å². The molecule has 0 saturated heterocycles. The fourth-order valence-electron chi connectivity index (χ4n) is 0.449. The van der Waals surface area contributed by atoms with Crippen molar-refractivity contribution < 1.29 is 4.79 Å². The molecule has 62 valence electrons. The van der Waals surface area contributed by atoms with Crippen LogP contribution in [0.15, 0.2) is 0 Å². The van der Waals surface area contributed by atoms with Crippen LogP contribution in [0.5, 0.6) is 0 Å². The summed E-state index contributed by atoms with van der Waals surface area (Å²) in [5, 5.41) is 0. The van der Waals surface area contributed by atoms with E-state index < -0.39 is 0 Å². The summed E-state index contributed by atoms with van der Waals surface area (Å²) >= 11 is 5.43. The predicted molar refractivity (Wildman–Crippen MR) is 47.6 cm³/mol. The highest BCUT2D eigenvalue weighted by molar-refractivity contribution is 6.17. The Labute approximate surface area is 73.1 Å². The smallest absolute Gasteiger partial charge is 0.207 e. The Balaban J connectivity index is 3.60. The van der Waals surface area contributed by atoms with Crippen molar-refractivity contribution in [1.29, 1.82) is 0 Å². The quantitative estimate of drug-likeness (QED) is 0.276. The number of unbranched alkanes of at least 4 members (excludes halogenated alkanes) is 1. The molecule has 0 rings (SSSR count). The summed E-state index contributed by atoms with van der Waals surface area (Å²) in [6.07, 6.45) is 1.59. The lowest BCUT2D eigenvalue weighted by molar-refractivity contribution is -0.116. The van der Waals surface area contributed by atoms with E-state index in [9.17, 15) is 4.79 Å². The Kier molecular flexibility index (Phi) is 5.97.